The van der Waals surface area contributed by atoms with Crippen LogP contribution in [0.25, 0.3) is 10.9 Å². The Morgan fingerprint density at radius 2 is 2.00 bits per heavy atom. The number of fused-ring (bicyclic) bond motifs is 1. The van der Waals surface area contributed by atoms with Crippen LogP contribution in [0.2, 0.25) is 5.02 Å². The van der Waals surface area contributed by atoms with Crippen LogP contribution in [0.15, 0.2) is 48.5 Å². The number of ether oxygens (including phenoxy) is 1. The van der Waals surface area contributed by atoms with Gasteiger partial charge in [-0.1, -0.05) is 29.8 Å². The molecule has 0 saturated heterocycles. The molecule has 0 atom stereocenters. The molecule has 0 fully saturated rings. The van der Waals surface area contributed by atoms with E-state index in [9.17, 15) is 13.6 Å². The zero-order valence-corrected chi connectivity index (χ0v) is 14.6. The van der Waals surface area contributed by atoms with Gasteiger partial charge in [0, 0.05) is 22.5 Å². The fraction of sp³-hybridized carbons (Fsp3) is 0.158. The summed E-state index contributed by atoms with van der Waals surface area (Å²) in [6, 6.07) is 13.3. The molecule has 0 radical (unpaired) electrons. The number of carbonyl (C=O) groups is 1. The number of aromatic nitrogens is 1. The average Bonchev–Trinajstić information content (AvgIpc) is 2.60. The first-order valence-electron chi connectivity index (χ1n) is 7.82. The Kier molecular flexibility index (Phi) is 5.32. The van der Waals surface area contributed by atoms with Gasteiger partial charge in [-0.15, -0.1) is 0 Å². The molecule has 3 rings (SSSR count). The monoisotopic (exact) mass is 376 g/mol. The van der Waals surface area contributed by atoms with Crippen LogP contribution in [0.5, 0.6) is 5.75 Å². The molecule has 0 saturated carbocycles. The number of nitrogens with one attached hydrogen (secondary N) is 1. The Bertz CT molecular complexity index is 963. The molecule has 0 unspecified atom stereocenters. The van der Waals surface area contributed by atoms with Crippen molar-refractivity contribution >= 4 is 28.4 Å². The van der Waals surface area contributed by atoms with Crippen LogP contribution >= 0.6 is 11.6 Å². The number of rotatable bonds is 5. The van der Waals surface area contributed by atoms with Gasteiger partial charge in [-0.3, -0.25) is 9.78 Å². The van der Waals surface area contributed by atoms with Crippen LogP contribution in [0.3, 0.4) is 0 Å². The average molecular weight is 377 g/mol. The van der Waals surface area contributed by atoms with Crippen LogP contribution in [0.1, 0.15) is 21.6 Å². The number of hydrogen-bond acceptors (Lipinski definition) is 3. The molecule has 1 N–H and O–H groups in total. The number of pyridine rings is 1. The fourth-order valence-electron chi connectivity index (χ4n) is 2.61. The van der Waals surface area contributed by atoms with Crippen molar-refractivity contribution < 1.29 is 18.3 Å². The highest BCUT2D eigenvalue weighted by Gasteiger charge is 2.14. The summed E-state index contributed by atoms with van der Waals surface area (Å²) in [5.41, 5.74) is 2.15. The Balaban J connectivity index is 1.81. The van der Waals surface area contributed by atoms with Gasteiger partial charge < -0.3 is 10.1 Å². The molecule has 4 nitrogen and oxygen atoms in total. The summed E-state index contributed by atoms with van der Waals surface area (Å²) in [7, 11) is 0. The summed E-state index contributed by atoms with van der Waals surface area (Å²) >= 11 is 5.99. The molecule has 1 heterocycles. The highest BCUT2D eigenvalue weighted by atomic mass is 35.5. The highest BCUT2D eigenvalue weighted by Crippen LogP contribution is 2.22. The molecule has 26 heavy (non-hydrogen) atoms. The molecule has 134 valence electrons. The van der Waals surface area contributed by atoms with Crippen molar-refractivity contribution in [3.8, 4) is 5.75 Å². The summed E-state index contributed by atoms with van der Waals surface area (Å²) in [4.78, 5) is 16.9. The van der Waals surface area contributed by atoms with Gasteiger partial charge in [-0.25, -0.2) is 0 Å². The van der Waals surface area contributed by atoms with Crippen molar-refractivity contribution in [2.24, 2.45) is 0 Å². The Hall–Kier alpha value is -2.73. The second-order valence-electron chi connectivity index (χ2n) is 5.63. The fourth-order valence-corrected chi connectivity index (χ4v) is 2.79. The lowest BCUT2D eigenvalue weighted by Crippen LogP contribution is -2.24. The summed E-state index contributed by atoms with van der Waals surface area (Å²) < 4.78 is 29.4. The molecule has 0 aliphatic rings. The van der Waals surface area contributed by atoms with Gasteiger partial charge in [0.2, 0.25) is 0 Å². The summed E-state index contributed by atoms with van der Waals surface area (Å²) in [6.07, 6.45) is 0. The van der Waals surface area contributed by atoms with E-state index < -0.39 is 6.61 Å². The molecule has 0 spiro atoms. The van der Waals surface area contributed by atoms with Gasteiger partial charge in [0.05, 0.1) is 16.8 Å². The normalized spacial score (nSPS) is 11.0. The maximum absolute atomic E-state index is 12.5. The number of aryl methyl sites for hydroxylation is 1. The number of para-hydroxylation sites is 1. The smallest absolute Gasteiger partial charge is 0.387 e. The van der Waals surface area contributed by atoms with Gasteiger partial charge in [0.1, 0.15) is 5.75 Å². The summed E-state index contributed by atoms with van der Waals surface area (Å²) in [5, 5.41) is 4.01. The van der Waals surface area contributed by atoms with Crippen LogP contribution in [-0.2, 0) is 6.54 Å². The molecule has 1 aromatic heterocycles. The zero-order valence-electron chi connectivity index (χ0n) is 13.8. The minimum atomic E-state index is -2.93. The number of alkyl halides is 2. The van der Waals surface area contributed by atoms with Crippen molar-refractivity contribution in [2.75, 3.05) is 0 Å². The second kappa shape index (κ2) is 7.66. The van der Waals surface area contributed by atoms with Gasteiger partial charge in [0.25, 0.3) is 5.91 Å². The van der Waals surface area contributed by atoms with E-state index in [1.807, 2.05) is 0 Å². The van der Waals surface area contributed by atoms with E-state index in [1.165, 1.54) is 6.07 Å². The Morgan fingerprint density at radius 3 is 2.77 bits per heavy atom. The van der Waals surface area contributed by atoms with Crippen LogP contribution in [0.4, 0.5) is 8.78 Å². The minimum Gasteiger partial charge on any atom is -0.434 e. The number of halogens is 3. The second-order valence-corrected chi connectivity index (χ2v) is 6.06. The zero-order chi connectivity index (χ0) is 18.7. The standard InChI is InChI=1S/C19H15ClF2N2O2/c1-11-15(9-13-8-14(20)6-7-16(13)24-11)18(25)23-10-12-4-2-3-5-17(12)26-19(21)22/h2-9,19H,10H2,1H3,(H,23,25). The molecule has 3 aromatic rings. The van der Waals surface area contributed by atoms with Crippen molar-refractivity contribution in [1.29, 1.82) is 0 Å². The maximum atomic E-state index is 12.5. The lowest BCUT2D eigenvalue weighted by Gasteiger charge is -2.12. The lowest BCUT2D eigenvalue weighted by molar-refractivity contribution is -0.0504. The van der Waals surface area contributed by atoms with Gasteiger partial charge >= 0.3 is 6.61 Å². The van der Waals surface area contributed by atoms with Crippen molar-refractivity contribution in [3.63, 3.8) is 0 Å². The largest absolute Gasteiger partial charge is 0.434 e. The molecule has 2 aromatic carbocycles. The SMILES string of the molecule is Cc1nc2ccc(Cl)cc2cc1C(=O)NCc1ccccc1OC(F)F. The number of benzene rings is 2. The molecule has 0 bridgehead atoms. The molecular weight excluding hydrogens is 362 g/mol. The van der Waals surface area contributed by atoms with Crippen molar-refractivity contribution in [1.82, 2.24) is 10.3 Å². The number of carbonyl (C=O) groups excluding carboxylic acids is 1. The first-order chi connectivity index (χ1) is 12.4. The van der Waals surface area contributed by atoms with E-state index in [-0.39, 0.29) is 18.2 Å². The molecule has 7 heteroatoms. The van der Waals surface area contributed by atoms with E-state index in [4.69, 9.17) is 11.6 Å². The first kappa shape index (κ1) is 18.1. The van der Waals surface area contributed by atoms with E-state index in [2.05, 4.69) is 15.0 Å². The first-order valence-corrected chi connectivity index (χ1v) is 8.19. The number of nitrogens with zero attached hydrogens (tertiary/aromatic N) is 1. The van der Waals surface area contributed by atoms with Gasteiger partial charge in [0.15, 0.2) is 0 Å². The maximum Gasteiger partial charge on any atom is 0.387 e. The Morgan fingerprint density at radius 1 is 1.23 bits per heavy atom. The van der Waals surface area contributed by atoms with E-state index in [1.54, 1.807) is 49.4 Å². The van der Waals surface area contributed by atoms with Crippen LogP contribution in [-0.4, -0.2) is 17.5 Å². The third-order valence-electron chi connectivity index (χ3n) is 3.84. The lowest BCUT2D eigenvalue weighted by atomic mass is 10.1. The van der Waals surface area contributed by atoms with Crippen LogP contribution < -0.4 is 10.1 Å². The minimum absolute atomic E-state index is 0.0305. The predicted octanol–water partition coefficient (Wildman–Crippen LogP) is 4.73. The summed E-state index contributed by atoms with van der Waals surface area (Å²) in [6.45, 7) is -1.14. The third kappa shape index (κ3) is 4.08. The number of hydrogen-bond donors (Lipinski definition) is 1. The van der Waals surface area contributed by atoms with E-state index in [0.29, 0.717) is 21.8 Å². The molecule has 1 amide bonds. The van der Waals surface area contributed by atoms with E-state index in [0.717, 1.165) is 10.9 Å². The quantitative estimate of drug-likeness (QED) is 0.700. The van der Waals surface area contributed by atoms with Crippen LogP contribution in [0, 0.1) is 6.92 Å². The topological polar surface area (TPSA) is 51.2 Å². The van der Waals surface area contributed by atoms with Crippen molar-refractivity contribution in [2.45, 2.75) is 20.1 Å². The van der Waals surface area contributed by atoms with Gasteiger partial charge in [-0.2, -0.15) is 8.78 Å². The van der Waals surface area contributed by atoms with E-state index >= 15 is 0 Å². The molecule has 0 aliphatic heterocycles. The summed E-state index contributed by atoms with van der Waals surface area (Å²) in [5.74, 6) is -0.327. The predicted molar refractivity (Wildman–Crippen MR) is 95.7 cm³/mol. The number of amides is 1. The molecular formula is C19H15ClF2N2O2. The third-order valence-corrected chi connectivity index (χ3v) is 4.08. The van der Waals surface area contributed by atoms with Gasteiger partial charge in [-0.05, 0) is 37.3 Å². The highest BCUT2D eigenvalue weighted by molar-refractivity contribution is 6.31. The Labute approximate surface area is 153 Å². The van der Waals surface area contributed by atoms with Crippen molar-refractivity contribution in [3.05, 3.63) is 70.4 Å². The molecule has 0 aliphatic carbocycles.